The van der Waals surface area contributed by atoms with Crippen molar-refractivity contribution in [2.24, 2.45) is 0 Å². The van der Waals surface area contributed by atoms with Crippen LogP contribution in [0, 0.1) is 47.4 Å². The van der Waals surface area contributed by atoms with Crippen molar-refractivity contribution in [2.45, 2.75) is 130 Å². The molecule has 3 aromatic carbocycles. The van der Waals surface area contributed by atoms with Crippen LogP contribution in [-0.4, -0.2) is 48.3 Å². The number of benzene rings is 3. The fourth-order valence-electron chi connectivity index (χ4n) is 7.45. The van der Waals surface area contributed by atoms with Gasteiger partial charge in [-0.25, -0.2) is 9.59 Å². The lowest BCUT2D eigenvalue weighted by Gasteiger charge is -2.14. The van der Waals surface area contributed by atoms with E-state index in [2.05, 4.69) is 71.2 Å². The average Bonchev–Trinajstić information content (AvgIpc) is 3.38. The van der Waals surface area contributed by atoms with Gasteiger partial charge in [0.1, 0.15) is 11.5 Å². The molecule has 0 atom stereocenters. The van der Waals surface area contributed by atoms with E-state index < -0.39 is 11.9 Å². The second-order valence-electron chi connectivity index (χ2n) is 16.9. The number of unbranched alkanes of at least 4 members (excludes halogenated alkanes) is 14. The highest BCUT2D eigenvalue weighted by molar-refractivity contribution is 5.91. The van der Waals surface area contributed by atoms with Crippen molar-refractivity contribution in [3.05, 3.63) is 153 Å². The Hall–Kier alpha value is -7.26. The van der Waals surface area contributed by atoms with Crippen LogP contribution in [0.4, 0.5) is 0 Å². The molecule has 0 saturated heterocycles. The Bertz CT molecular complexity index is 2500. The van der Waals surface area contributed by atoms with E-state index in [0.29, 0.717) is 69.2 Å². The van der Waals surface area contributed by atoms with Crippen LogP contribution in [0.3, 0.4) is 0 Å². The first-order chi connectivity index (χ1) is 34.4. The van der Waals surface area contributed by atoms with Crippen molar-refractivity contribution in [1.29, 1.82) is 0 Å². The molecule has 2 aromatic heterocycles. The van der Waals surface area contributed by atoms with Crippen LogP contribution in [0.5, 0.6) is 11.5 Å². The van der Waals surface area contributed by atoms with Crippen molar-refractivity contribution >= 4 is 11.9 Å². The molecule has 5 aromatic rings. The summed E-state index contributed by atoms with van der Waals surface area (Å²) in [6, 6.07) is 21.7. The minimum absolute atomic E-state index is 0.256. The first kappa shape index (κ1) is 53.7. The van der Waals surface area contributed by atoms with Crippen LogP contribution in [-0.2, 0) is 9.47 Å². The van der Waals surface area contributed by atoms with Gasteiger partial charge in [0.15, 0.2) is 0 Å². The van der Waals surface area contributed by atoms with Crippen LogP contribution in [0.25, 0.3) is 0 Å². The van der Waals surface area contributed by atoms with Gasteiger partial charge in [0.25, 0.3) is 0 Å². The monoisotopic (exact) mass is 937 g/mol. The summed E-state index contributed by atoms with van der Waals surface area (Å²) in [6.45, 7) is 9.57. The number of pyridine rings is 2. The first-order valence-electron chi connectivity index (χ1n) is 25.4. The quantitative estimate of drug-likeness (QED) is 0.0343. The number of carbonyl (C=O) groups is 2. The van der Waals surface area contributed by atoms with Crippen molar-refractivity contribution < 1.29 is 28.5 Å². The SMILES string of the molecule is CCCCCCCCCCOc1cc(C#Cc2ccc(C(=O)OCC)cc2C#Cc2cccnc2)c(OCCCCCCCCCC)cc1C#Cc1ccc(C(=O)OCC)cc1C#Cc1cccnc1. The zero-order valence-electron chi connectivity index (χ0n) is 41.7. The van der Waals surface area contributed by atoms with E-state index in [9.17, 15) is 9.59 Å². The largest absolute Gasteiger partial charge is 0.492 e. The van der Waals surface area contributed by atoms with Gasteiger partial charge in [-0.1, -0.05) is 151 Å². The Morgan fingerprint density at radius 3 is 1.16 bits per heavy atom. The summed E-state index contributed by atoms with van der Waals surface area (Å²) in [7, 11) is 0. The third-order valence-electron chi connectivity index (χ3n) is 11.3. The highest BCUT2D eigenvalue weighted by Crippen LogP contribution is 2.30. The summed E-state index contributed by atoms with van der Waals surface area (Å²) < 4.78 is 23.8. The Balaban J connectivity index is 1.57. The molecule has 8 nitrogen and oxygen atoms in total. The molecule has 0 bridgehead atoms. The van der Waals surface area contributed by atoms with Gasteiger partial charge in [-0.15, -0.1) is 0 Å². The van der Waals surface area contributed by atoms with Gasteiger partial charge in [-0.2, -0.15) is 0 Å². The van der Waals surface area contributed by atoms with Crippen molar-refractivity contribution in [2.75, 3.05) is 26.4 Å². The minimum atomic E-state index is -0.430. The molecule has 70 heavy (non-hydrogen) atoms. The summed E-state index contributed by atoms with van der Waals surface area (Å²) in [5.74, 6) is 26.6. The molecule has 0 saturated carbocycles. The number of rotatable bonds is 24. The normalized spacial score (nSPS) is 10.2. The van der Waals surface area contributed by atoms with Crippen molar-refractivity contribution in [3.63, 3.8) is 0 Å². The topological polar surface area (TPSA) is 96.8 Å². The zero-order valence-corrected chi connectivity index (χ0v) is 41.7. The van der Waals surface area contributed by atoms with Crippen LogP contribution < -0.4 is 9.47 Å². The van der Waals surface area contributed by atoms with Gasteiger partial charge in [0, 0.05) is 70.3 Å². The van der Waals surface area contributed by atoms with E-state index in [4.69, 9.17) is 18.9 Å². The fourth-order valence-corrected chi connectivity index (χ4v) is 7.45. The van der Waals surface area contributed by atoms with E-state index in [0.717, 1.165) is 49.7 Å². The molecule has 0 aliphatic heterocycles. The van der Waals surface area contributed by atoms with Gasteiger partial charge >= 0.3 is 11.9 Å². The van der Waals surface area contributed by atoms with E-state index in [-0.39, 0.29) is 13.2 Å². The van der Waals surface area contributed by atoms with E-state index in [1.54, 1.807) is 75.0 Å². The lowest BCUT2D eigenvalue weighted by atomic mass is 10.0. The van der Waals surface area contributed by atoms with Gasteiger partial charge in [-0.05, 0) is 87.4 Å². The minimum Gasteiger partial charge on any atom is -0.492 e. The standard InChI is InChI=1S/C62H68N2O6/c1-5-9-11-13-15-17-19-21-41-69-59-45-56(36-32-52-34-38-58(62(66)68-8-4)44-54(52)30-28-50-26-24-40-64-48-50)60(70-42-22-20-18-16-14-12-10-6-2)46-55(59)35-31-51-33-37-57(61(65)67-7-3)43-53(51)29-27-49-25-23-39-63-47-49/h23-26,33-34,37-40,43-48H,5-22,41-42H2,1-4H3. The fraction of sp³-hybridized carbons (Fsp3) is 0.387. The average molecular weight is 937 g/mol. The highest BCUT2D eigenvalue weighted by atomic mass is 16.5. The molecule has 2 heterocycles. The Morgan fingerprint density at radius 2 is 0.786 bits per heavy atom. The second kappa shape index (κ2) is 31.7. The molecular weight excluding hydrogens is 869 g/mol. The zero-order chi connectivity index (χ0) is 49.4. The van der Waals surface area contributed by atoms with E-state index in [1.165, 1.54) is 64.2 Å². The molecule has 0 unspecified atom stereocenters. The lowest BCUT2D eigenvalue weighted by molar-refractivity contribution is 0.0516. The van der Waals surface area contributed by atoms with Gasteiger partial charge in [0.05, 0.1) is 48.7 Å². The summed E-state index contributed by atoms with van der Waals surface area (Å²) in [4.78, 5) is 34.1. The molecular formula is C62H68N2O6. The molecule has 0 spiro atoms. The van der Waals surface area contributed by atoms with Gasteiger partial charge < -0.3 is 18.9 Å². The summed E-state index contributed by atoms with van der Waals surface area (Å²) >= 11 is 0. The number of hydrogen-bond donors (Lipinski definition) is 0. The smallest absolute Gasteiger partial charge is 0.338 e. The van der Waals surface area contributed by atoms with Crippen molar-refractivity contribution in [1.82, 2.24) is 9.97 Å². The third kappa shape index (κ3) is 19.0. The Morgan fingerprint density at radius 1 is 0.414 bits per heavy atom. The highest BCUT2D eigenvalue weighted by Gasteiger charge is 2.14. The van der Waals surface area contributed by atoms with E-state index in [1.807, 2.05) is 36.4 Å². The van der Waals surface area contributed by atoms with Gasteiger partial charge in [-0.3, -0.25) is 9.97 Å². The number of ether oxygens (including phenoxy) is 4. The molecule has 362 valence electrons. The predicted molar refractivity (Wildman–Crippen MR) is 280 cm³/mol. The van der Waals surface area contributed by atoms with Gasteiger partial charge in [0.2, 0.25) is 0 Å². The maximum atomic E-state index is 12.8. The van der Waals surface area contributed by atoms with Crippen LogP contribution in [0.1, 0.15) is 196 Å². The van der Waals surface area contributed by atoms with Crippen LogP contribution in [0.15, 0.2) is 97.6 Å². The maximum absolute atomic E-state index is 12.8. The predicted octanol–water partition coefficient (Wildman–Crippen LogP) is 13.5. The first-order valence-corrected chi connectivity index (χ1v) is 25.4. The molecule has 0 aliphatic carbocycles. The summed E-state index contributed by atoms with van der Waals surface area (Å²) in [5, 5.41) is 0. The molecule has 0 aliphatic rings. The number of aromatic nitrogens is 2. The molecule has 0 fully saturated rings. The van der Waals surface area contributed by atoms with E-state index >= 15 is 0 Å². The van der Waals surface area contributed by atoms with Crippen LogP contribution >= 0.6 is 0 Å². The third-order valence-corrected chi connectivity index (χ3v) is 11.3. The van der Waals surface area contributed by atoms with Crippen LogP contribution in [0.2, 0.25) is 0 Å². The lowest BCUT2D eigenvalue weighted by Crippen LogP contribution is -2.05. The molecule has 0 radical (unpaired) electrons. The number of esters is 2. The maximum Gasteiger partial charge on any atom is 0.338 e. The Labute approximate surface area is 417 Å². The number of hydrogen-bond acceptors (Lipinski definition) is 8. The molecule has 8 heteroatoms. The van der Waals surface area contributed by atoms with Crippen molar-refractivity contribution in [3.8, 4) is 58.9 Å². The summed E-state index contributed by atoms with van der Waals surface area (Å²) in [6.07, 6.45) is 25.6. The molecule has 5 rings (SSSR count). The molecule has 0 N–H and O–H groups in total. The number of nitrogens with zero attached hydrogens (tertiary/aromatic N) is 2. The second-order valence-corrected chi connectivity index (χ2v) is 16.9. The molecule has 0 amide bonds. The number of carbonyl (C=O) groups excluding carboxylic acids is 2. The summed E-state index contributed by atoms with van der Waals surface area (Å²) in [5.41, 5.74) is 5.94. The Kier molecular flexibility index (Phi) is 24.3.